The molecule has 1 heterocycles. The molecule has 1 aromatic heterocycles. The number of pyridine rings is 1. The van der Waals surface area contributed by atoms with E-state index in [1.165, 1.54) is 0 Å². The van der Waals surface area contributed by atoms with Crippen molar-refractivity contribution >= 4 is 19.3 Å². The van der Waals surface area contributed by atoms with Gasteiger partial charge in [0, 0.05) is 6.20 Å². The third-order valence-corrected chi connectivity index (χ3v) is 10.6. The lowest BCUT2D eigenvalue weighted by atomic mass is 10.1. The van der Waals surface area contributed by atoms with E-state index in [-0.39, 0.29) is 15.8 Å². The van der Waals surface area contributed by atoms with E-state index in [9.17, 15) is 4.21 Å². The average molecular weight is 371 g/mol. The summed E-state index contributed by atoms with van der Waals surface area (Å²) in [6, 6.07) is 3.82. The van der Waals surface area contributed by atoms with Gasteiger partial charge < -0.3 is 4.43 Å². The monoisotopic (exact) mass is 370 g/mol. The average Bonchev–Trinajstić information content (AvgIpc) is 2.40. The zero-order chi connectivity index (χ0) is 18.8. The van der Waals surface area contributed by atoms with Crippen LogP contribution in [-0.4, -0.2) is 28.9 Å². The maximum absolute atomic E-state index is 12.6. The number of aryl methyl sites for hydroxylation is 1. The molecule has 0 aliphatic carbocycles. The summed E-state index contributed by atoms with van der Waals surface area (Å²) in [5, 5.41) is 0.140. The molecule has 0 aromatic carbocycles. The Morgan fingerprint density at radius 2 is 1.83 bits per heavy atom. The first-order valence-corrected chi connectivity index (χ1v) is 12.5. The number of hydrogen-bond donors (Lipinski definition) is 1. The highest BCUT2D eigenvalue weighted by atomic mass is 32.2. The van der Waals surface area contributed by atoms with Gasteiger partial charge in [-0.05, 0) is 63.5 Å². The molecule has 0 saturated heterocycles. The molecule has 1 aromatic rings. The van der Waals surface area contributed by atoms with E-state index in [1.54, 1.807) is 6.20 Å². The molecule has 6 heteroatoms. The highest BCUT2D eigenvalue weighted by Crippen LogP contribution is 2.37. The van der Waals surface area contributed by atoms with Crippen molar-refractivity contribution in [3.8, 4) is 0 Å². The second-order valence-corrected chi connectivity index (χ2v) is 15.7. The van der Waals surface area contributed by atoms with Gasteiger partial charge in [-0.2, -0.15) is 0 Å². The Hall–Kier alpha value is -0.563. The van der Waals surface area contributed by atoms with Gasteiger partial charge in [0.15, 0.2) is 8.32 Å². The topological polar surface area (TPSA) is 51.2 Å². The molecule has 0 fully saturated rings. The van der Waals surface area contributed by atoms with E-state index in [2.05, 4.69) is 43.6 Å². The first-order chi connectivity index (χ1) is 10.7. The molecule has 24 heavy (non-hydrogen) atoms. The highest BCUT2D eigenvalue weighted by molar-refractivity contribution is 7.84. The van der Waals surface area contributed by atoms with Gasteiger partial charge in [0.25, 0.3) is 0 Å². The summed E-state index contributed by atoms with van der Waals surface area (Å²) in [7, 11) is -3.06. The Kier molecular flexibility index (Phi) is 6.95. The molecule has 4 nitrogen and oxygen atoms in total. The third-order valence-electron chi connectivity index (χ3n) is 4.52. The smallest absolute Gasteiger partial charge is 0.192 e. The van der Waals surface area contributed by atoms with Crippen molar-refractivity contribution in [2.24, 2.45) is 0 Å². The minimum absolute atomic E-state index is 0.140. The fourth-order valence-corrected chi connectivity index (χ4v) is 3.56. The van der Waals surface area contributed by atoms with Gasteiger partial charge in [-0.25, -0.2) is 8.93 Å². The minimum Gasteiger partial charge on any atom is -0.415 e. The lowest BCUT2D eigenvalue weighted by molar-refractivity contribution is 0.255. The van der Waals surface area contributed by atoms with Crippen LogP contribution in [0, 0.1) is 6.92 Å². The van der Waals surface area contributed by atoms with Crippen LogP contribution in [0.15, 0.2) is 18.3 Å². The van der Waals surface area contributed by atoms with Crippen molar-refractivity contribution in [2.45, 2.75) is 77.4 Å². The van der Waals surface area contributed by atoms with Crippen LogP contribution in [0.3, 0.4) is 0 Å². The molecule has 2 atom stereocenters. The van der Waals surface area contributed by atoms with Gasteiger partial charge in [0.1, 0.15) is 0 Å². The Balaban J connectivity index is 3.00. The lowest BCUT2D eigenvalue weighted by Gasteiger charge is -2.37. The van der Waals surface area contributed by atoms with Gasteiger partial charge in [-0.3, -0.25) is 4.98 Å². The van der Waals surface area contributed by atoms with Crippen molar-refractivity contribution in [1.29, 1.82) is 0 Å². The fraction of sp³-hybridized carbons (Fsp3) is 0.722. The number of nitrogens with zero attached hydrogens (tertiary/aromatic N) is 1. The molecule has 0 spiro atoms. The van der Waals surface area contributed by atoms with E-state index in [1.807, 2.05) is 39.8 Å². The van der Waals surface area contributed by atoms with Gasteiger partial charge >= 0.3 is 0 Å². The van der Waals surface area contributed by atoms with Crippen LogP contribution in [0.5, 0.6) is 0 Å². The quantitative estimate of drug-likeness (QED) is 0.750. The van der Waals surface area contributed by atoms with Crippen LogP contribution in [0.25, 0.3) is 0 Å². The SMILES string of the molecule is Cc1ccnc([C@@H](CO[Si](C)(C)C(C)(C)C)NS(=O)C(C)(C)C)c1. The van der Waals surface area contributed by atoms with Crippen molar-refractivity contribution in [1.82, 2.24) is 9.71 Å². The van der Waals surface area contributed by atoms with Gasteiger partial charge in [-0.15, -0.1) is 0 Å². The van der Waals surface area contributed by atoms with Gasteiger partial charge in [0.2, 0.25) is 0 Å². The Morgan fingerprint density at radius 1 is 1.25 bits per heavy atom. The second kappa shape index (κ2) is 7.77. The first-order valence-electron chi connectivity index (χ1n) is 8.48. The van der Waals surface area contributed by atoms with E-state index in [0.717, 1.165) is 11.3 Å². The van der Waals surface area contributed by atoms with E-state index in [0.29, 0.717) is 6.61 Å². The van der Waals surface area contributed by atoms with Gasteiger partial charge in [0.05, 0.1) is 34.1 Å². The summed E-state index contributed by atoms with van der Waals surface area (Å²) in [6.45, 7) is 19.5. The summed E-state index contributed by atoms with van der Waals surface area (Å²) in [6.07, 6.45) is 1.80. The van der Waals surface area contributed by atoms with Crippen LogP contribution < -0.4 is 4.72 Å². The highest BCUT2D eigenvalue weighted by Gasteiger charge is 2.38. The molecule has 0 bridgehead atoms. The lowest BCUT2D eigenvalue weighted by Crippen LogP contribution is -2.44. The second-order valence-electron chi connectivity index (χ2n) is 8.88. The largest absolute Gasteiger partial charge is 0.415 e. The molecule has 0 saturated carbocycles. The maximum Gasteiger partial charge on any atom is 0.192 e. The number of nitrogens with one attached hydrogen (secondary N) is 1. The van der Waals surface area contributed by atoms with Crippen LogP contribution in [0.4, 0.5) is 0 Å². The molecular formula is C18H34N2O2SSi. The van der Waals surface area contributed by atoms with Crippen LogP contribution in [0.1, 0.15) is 58.8 Å². The van der Waals surface area contributed by atoms with Crippen molar-refractivity contribution in [3.05, 3.63) is 29.6 Å². The Morgan fingerprint density at radius 3 is 2.29 bits per heavy atom. The normalized spacial score (nSPS) is 16.0. The van der Waals surface area contributed by atoms with Gasteiger partial charge in [-0.1, -0.05) is 20.8 Å². The summed E-state index contributed by atoms with van der Waals surface area (Å²) in [5.74, 6) is 0. The molecule has 1 unspecified atom stereocenters. The molecule has 0 radical (unpaired) electrons. The van der Waals surface area contributed by atoms with E-state index >= 15 is 0 Å². The minimum atomic E-state index is -1.88. The maximum atomic E-state index is 12.6. The molecule has 0 aliphatic heterocycles. The van der Waals surface area contributed by atoms with Crippen LogP contribution in [0.2, 0.25) is 18.1 Å². The molecule has 1 rings (SSSR count). The summed E-state index contributed by atoms with van der Waals surface area (Å²) in [4.78, 5) is 4.48. The van der Waals surface area contributed by atoms with Crippen LogP contribution in [-0.2, 0) is 15.4 Å². The molecule has 0 aliphatic rings. The number of hydrogen-bond acceptors (Lipinski definition) is 3. The van der Waals surface area contributed by atoms with E-state index < -0.39 is 19.3 Å². The third kappa shape index (κ3) is 6.06. The molecule has 1 N–H and O–H groups in total. The number of aromatic nitrogens is 1. The Bertz CT molecular complexity index is 577. The fourth-order valence-electron chi connectivity index (χ4n) is 1.74. The predicted molar refractivity (Wildman–Crippen MR) is 106 cm³/mol. The first kappa shape index (κ1) is 21.5. The summed E-state index contributed by atoms with van der Waals surface area (Å²) < 4.78 is 21.8. The van der Waals surface area contributed by atoms with E-state index in [4.69, 9.17) is 4.43 Å². The summed E-state index contributed by atoms with van der Waals surface area (Å²) in [5.41, 5.74) is 2.02. The van der Waals surface area contributed by atoms with Crippen molar-refractivity contribution < 1.29 is 8.63 Å². The number of rotatable bonds is 6. The summed E-state index contributed by atoms with van der Waals surface area (Å²) >= 11 is 0. The molecule has 0 amide bonds. The predicted octanol–water partition coefficient (Wildman–Crippen LogP) is 4.50. The zero-order valence-corrected chi connectivity index (χ0v) is 18.5. The molecule has 138 valence electrons. The molecular weight excluding hydrogens is 336 g/mol. The zero-order valence-electron chi connectivity index (χ0n) is 16.7. The standard InChI is InChI=1S/C18H34N2O2SSi/c1-14-10-11-19-15(12-14)16(20-23(21)17(2,3)4)13-22-24(8,9)18(5,6)7/h10-12,16,20H,13H2,1-9H3/t16-,23?/m1/s1. The van der Waals surface area contributed by atoms with Crippen LogP contribution >= 0.6 is 0 Å². The van der Waals surface area contributed by atoms with Crippen molar-refractivity contribution in [2.75, 3.05) is 6.61 Å². The Labute approximate surface area is 151 Å². The van der Waals surface area contributed by atoms with Crippen molar-refractivity contribution in [3.63, 3.8) is 0 Å².